The minimum atomic E-state index is -1.15. The number of carbonyl (C=O) groups excluding carboxylic acids is 2. The van der Waals surface area contributed by atoms with Gasteiger partial charge in [0.25, 0.3) is 0 Å². The van der Waals surface area contributed by atoms with Crippen molar-refractivity contribution in [3.8, 4) is 0 Å². The van der Waals surface area contributed by atoms with Crippen LogP contribution in [0.2, 0.25) is 0 Å². The SMILES string of the molecule is CCOC(=O)c1c(F)ccc(NC(C)=O)c1[N+](=O)[O-]. The minimum absolute atomic E-state index is 0.0558. The fourth-order valence-electron chi connectivity index (χ4n) is 1.44. The zero-order valence-electron chi connectivity index (χ0n) is 10.2. The molecular weight excluding hydrogens is 259 g/mol. The quantitative estimate of drug-likeness (QED) is 0.511. The van der Waals surface area contributed by atoms with Gasteiger partial charge in [-0.25, -0.2) is 9.18 Å². The summed E-state index contributed by atoms with van der Waals surface area (Å²) in [5, 5.41) is 13.1. The number of hydrogen-bond donors (Lipinski definition) is 1. The molecule has 0 saturated carbocycles. The molecule has 1 aromatic rings. The van der Waals surface area contributed by atoms with Crippen LogP contribution >= 0.6 is 0 Å². The van der Waals surface area contributed by atoms with Crippen LogP contribution in [0, 0.1) is 15.9 Å². The number of nitro groups is 1. The molecule has 0 aromatic heterocycles. The van der Waals surface area contributed by atoms with E-state index >= 15 is 0 Å². The highest BCUT2D eigenvalue weighted by molar-refractivity contribution is 6.00. The van der Waals surface area contributed by atoms with Crippen molar-refractivity contribution in [2.45, 2.75) is 13.8 Å². The monoisotopic (exact) mass is 270 g/mol. The standard InChI is InChI=1S/C11H11FN2O5/c1-3-19-11(16)9-7(12)4-5-8(13-6(2)15)10(9)14(17)18/h4-5H,3H2,1-2H3,(H,13,15). The van der Waals surface area contributed by atoms with Crippen molar-refractivity contribution in [3.63, 3.8) is 0 Å². The lowest BCUT2D eigenvalue weighted by Crippen LogP contribution is -2.14. The van der Waals surface area contributed by atoms with Crippen LogP contribution in [0.4, 0.5) is 15.8 Å². The van der Waals surface area contributed by atoms with Gasteiger partial charge in [0, 0.05) is 6.92 Å². The summed E-state index contributed by atoms with van der Waals surface area (Å²) in [7, 11) is 0. The normalized spacial score (nSPS) is 9.84. The Morgan fingerprint density at radius 2 is 2.11 bits per heavy atom. The molecule has 0 aliphatic heterocycles. The zero-order valence-corrected chi connectivity index (χ0v) is 10.2. The molecule has 0 radical (unpaired) electrons. The van der Waals surface area contributed by atoms with Crippen molar-refractivity contribution < 1.29 is 23.6 Å². The molecule has 0 aliphatic rings. The lowest BCUT2D eigenvalue weighted by Gasteiger charge is -2.08. The highest BCUT2D eigenvalue weighted by Crippen LogP contribution is 2.31. The Labute approximate surface area is 107 Å². The van der Waals surface area contributed by atoms with Crippen LogP contribution in [0.1, 0.15) is 24.2 Å². The summed E-state index contributed by atoms with van der Waals surface area (Å²) in [6.07, 6.45) is 0. The smallest absolute Gasteiger partial charge is 0.348 e. The summed E-state index contributed by atoms with van der Waals surface area (Å²) in [6, 6.07) is 1.86. The summed E-state index contributed by atoms with van der Waals surface area (Å²) in [5.74, 6) is -2.82. The molecule has 1 amide bonds. The molecule has 0 atom stereocenters. The van der Waals surface area contributed by atoms with Crippen LogP contribution in [-0.4, -0.2) is 23.4 Å². The topological polar surface area (TPSA) is 98.5 Å². The second-order valence-corrected chi connectivity index (χ2v) is 3.48. The molecule has 19 heavy (non-hydrogen) atoms. The third kappa shape index (κ3) is 3.24. The highest BCUT2D eigenvalue weighted by Gasteiger charge is 2.30. The number of amides is 1. The summed E-state index contributed by atoms with van der Waals surface area (Å²) in [5.41, 5.74) is -1.89. The van der Waals surface area contributed by atoms with Crippen LogP contribution < -0.4 is 5.32 Å². The lowest BCUT2D eigenvalue weighted by atomic mass is 10.1. The van der Waals surface area contributed by atoms with Gasteiger partial charge in [0.05, 0.1) is 11.5 Å². The van der Waals surface area contributed by atoms with E-state index < -0.39 is 33.9 Å². The van der Waals surface area contributed by atoms with E-state index in [1.807, 2.05) is 0 Å². The van der Waals surface area contributed by atoms with Crippen molar-refractivity contribution >= 4 is 23.3 Å². The summed E-state index contributed by atoms with van der Waals surface area (Å²) in [6.45, 7) is 2.57. The number of nitrogens with one attached hydrogen (secondary N) is 1. The molecule has 8 heteroatoms. The number of anilines is 1. The van der Waals surface area contributed by atoms with E-state index in [1.165, 1.54) is 6.92 Å². The first-order valence-electron chi connectivity index (χ1n) is 5.30. The van der Waals surface area contributed by atoms with E-state index in [0.717, 1.165) is 19.1 Å². The number of benzene rings is 1. The van der Waals surface area contributed by atoms with Gasteiger partial charge in [-0.1, -0.05) is 0 Å². The number of carbonyl (C=O) groups is 2. The molecule has 102 valence electrons. The fraction of sp³-hybridized carbons (Fsp3) is 0.273. The minimum Gasteiger partial charge on any atom is -0.462 e. The van der Waals surface area contributed by atoms with Crippen LogP contribution in [0.5, 0.6) is 0 Å². The van der Waals surface area contributed by atoms with Gasteiger partial charge in [-0.05, 0) is 19.1 Å². The van der Waals surface area contributed by atoms with Gasteiger partial charge in [0.1, 0.15) is 11.5 Å². The molecule has 1 rings (SSSR count). The van der Waals surface area contributed by atoms with Gasteiger partial charge in [0.2, 0.25) is 5.91 Å². The number of rotatable bonds is 4. The second-order valence-electron chi connectivity index (χ2n) is 3.48. The Hall–Kier alpha value is -2.51. The van der Waals surface area contributed by atoms with Gasteiger partial charge in [-0.2, -0.15) is 0 Å². The predicted octanol–water partition coefficient (Wildman–Crippen LogP) is 1.87. The molecule has 0 heterocycles. The highest BCUT2D eigenvalue weighted by atomic mass is 19.1. The summed E-state index contributed by atoms with van der Waals surface area (Å²) < 4.78 is 18.1. The molecule has 1 aromatic carbocycles. The van der Waals surface area contributed by atoms with Crippen molar-refractivity contribution in [3.05, 3.63) is 33.6 Å². The molecular formula is C11H11FN2O5. The number of nitrogens with zero attached hydrogens (tertiary/aromatic N) is 1. The molecule has 0 spiro atoms. The van der Waals surface area contributed by atoms with E-state index in [0.29, 0.717) is 0 Å². The third-order valence-corrected chi connectivity index (χ3v) is 2.10. The van der Waals surface area contributed by atoms with Crippen LogP contribution in [-0.2, 0) is 9.53 Å². The van der Waals surface area contributed by atoms with Gasteiger partial charge in [-0.15, -0.1) is 0 Å². The van der Waals surface area contributed by atoms with E-state index in [2.05, 4.69) is 10.1 Å². The van der Waals surface area contributed by atoms with E-state index in [-0.39, 0.29) is 12.3 Å². The van der Waals surface area contributed by atoms with Crippen molar-refractivity contribution in [2.75, 3.05) is 11.9 Å². The first-order chi connectivity index (χ1) is 8.88. The van der Waals surface area contributed by atoms with Crippen LogP contribution in [0.25, 0.3) is 0 Å². The lowest BCUT2D eigenvalue weighted by molar-refractivity contribution is -0.384. The zero-order chi connectivity index (χ0) is 14.6. The molecule has 0 bridgehead atoms. The Morgan fingerprint density at radius 1 is 1.47 bits per heavy atom. The number of nitro benzene ring substituents is 1. The van der Waals surface area contributed by atoms with Gasteiger partial charge in [-0.3, -0.25) is 14.9 Å². The van der Waals surface area contributed by atoms with Crippen molar-refractivity contribution in [2.24, 2.45) is 0 Å². The van der Waals surface area contributed by atoms with Crippen molar-refractivity contribution in [1.29, 1.82) is 0 Å². The second kappa shape index (κ2) is 5.89. The Kier molecular flexibility index (Phi) is 4.51. The maximum atomic E-state index is 13.6. The van der Waals surface area contributed by atoms with Gasteiger partial charge in [0.15, 0.2) is 5.56 Å². The largest absolute Gasteiger partial charge is 0.462 e. The third-order valence-electron chi connectivity index (χ3n) is 2.10. The van der Waals surface area contributed by atoms with Crippen molar-refractivity contribution in [1.82, 2.24) is 0 Å². The molecule has 0 fully saturated rings. The van der Waals surface area contributed by atoms with E-state index in [9.17, 15) is 24.1 Å². The number of esters is 1. The molecule has 0 aliphatic carbocycles. The Bertz CT molecular complexity index is 544. The first-order valence-corrected chi connectivity index (χ1v) is 5.30. The molecule has 7 nitrogen and oxygen atoms in total. The van der Waals surface area contributed by atoms with Crippen LogP contribution in [0.15, 0.2) is 12.1 Å². The Morgan fingerprint density at radius 3 is 2.58 bits per heavy atom. The number of hydrogen-bond acceptors (Lipinski definition) is 5. The maximum Gasteiger partial charge on any atom is 0.348 e. The molecule has 0 unspecified atom stereocenters. The predicted molar refractivity (Wildman–Crippen MR) is 63.3 cm³/mol. The van der Waals surface area contributed by atoms with Gasteiger partial charge >= 0.3 is 11.7 Å². The average Bonchev–Trinajstić information content (AvgIpc) is 2.30. The summed E-state index contributed by atoms with van der Waals surface area (Å²) in [4.78, 5) is 32.5. The first kappa shape index (κ1) is 14.6. The van der Waals surface area contributed by atoms with Gasteiger partial charge < -0.3 is 10.1 Å². The number of ether oxygens (including phenoxy) is 1. The Balaban J connectivity index is 3.45. The van der Waals surface area contributed by atoms with Crippen LogP contribution in [0.3, 0.4) is 0 Å². The summed E-state index contributed by atoms with van der Waals surface area (Å²) >= 11 is 0. The number of halogens is 1. The van der Waals surface area contributed by atoms with E-state index in [4.69, 9.17) is 0 Å². The molecule has 1 N–H and O–H groups in total. The van der Waals surface area contributed by atoms with E-state index in [1.54, 1.807) is 0 Å². The maximum absolute atomic E-state index is 13.6. The fourth-order valence-corrected chi connectivity index (χ4v) is 1.44. The average molecular weight is 270 g/mol. The molecule has 0 saturated heterocycles.